The highest BCUT2D eigenvalue weighted by Crippen LogP contribution is 2.13. The van der Waals surface area contributed by atoms with Crippen LogP contribution in [-0.4, -0.2) is 18.1 Å². The molecule has 0 N–H and O–H groups in total. The zero-order valence-electron chi connectivity index (χ0n) is 9.50. The Balaban J connectivity index is 2.64. The molecule has 0 saturated heterocycles. The summed E-state index contributed by atoms with van der Waals surface area (Å²) in [5.74, 6) is 0.729. The number of esters is 1. The van der Waals surface area contributed by atoms with Gasteiger partial charge in [-0.1, -0.05) is 19.8 Å². The maximum Gasteiger partial charge on any atom is 0.360 e. The van der Waals surface area contributed by atoms with Crippen LogP contribution in [0.3, 0.4) is 0 Å². The Labute approximate surface area is 89.6 Å². The van der Waals surface area contributed by atoms with Crippen molar-refractivity contribution < 1.29 is 13.9 Å². The van der Waals surface area contributed by atoms with E-state index in [1.54, 1.807) is 6.92 Å². The molecule has 4 nitrogen and oxygen atoms in total. The number of aryl methyl sites for hydroxylation is 2. The van der Waals surface area contributed by atoms with Gasteiger partial charge >= 0.3 is 5.97 Å². The Kier molecular flexibility index (Phi) is 4.34. The van der Waals surface area contributed by atoms with E-state index in [-0.39, 0.29) is 0 Å². The van der Waals surface area contributed by atoms with Crippen LogP contribution in [0.4, 0.5) is 0 Å². The number of unbranched alkanes of at least 4 members (excludes halogenated alkanes) is 2. The summed E-state index contributed by atoms with van der Waals surface area (Å²) in [4.78, 5) is 15.3. The van der Waals surface area contributed by atoms with Crippen molar-refractivity contribution in [2.24, 2.45) is 0 Å². The van der Waals surface area contributed by atoms with Crippen molar-refractivity contribution in [1.29, 1.82) is 0 Å². The number of hydrogen-bond acceptors (Lipinski definition) is 4. The van der Waals surface area contributed by atoms with Gasteiger partial charge in [-0.15, -0.1) is 0 Å². The lowest BCUT2D eigenvalue weighted by Crippen LogP contribution is -2.03. The molecule has 0 aliphatic rings. The minimum absolute atomic E-state index is 0.295. The molecule has 0 amide bonds. The fraction of sp³-hybridized carbons (Fsp3) is 0.636. The van der Waals surface area contributed by atoms with Gasteiger partial charge in [0.1, 0.15) is 5.76 Å². The third-order valence-corrected chi connectivity index (χ3v) is 2.21. The smallest absolute Gasteiger partial charge is 0.360 e. The van der Waals surface area contributed by atoms with E-state index in [2.05, 4.69) is 16.6 Å². The van der Waals surface area contributed by atoms with Crippen LogP contribution in [0.1, 0.15) is 48.3 Å². The summed E-state index contributed by atoms with van der Waals surface area (Å²) in [7, 11) is 1.34. The summed E-state index contributed by atoms with van der Waals surface area (Å²) in [6.45, 7) is 3.86. The summed E-state index contributed by atoms with van der Waals surface area (Å²) in [5.41, 5.74) is 0.295. The van der Waals surface area contributed by atoms with Gasteiger partial charge in [0.2, 0.25) is 0 Å². The molecular weight excluding hydrogens is 194 g/mol. The number of ether oxygens (including phenoxy) is 1. The predicted octanol–water partition coefficient (Wildman–Crippen LogP) is 2.50. The van der Waals surface area contributed by atoms with E-state index >= 15 is 0 Å². The molecule has 0 aliphatic heterocycles. The Morgan fingerprint density at radius 2 is 2.20 bits per heavy atom. The zero-order valence-corrected chi connectivity index (χ0v) is 9.50. The van der Waals surface area contributed by atoms with Crippen molar-refractivity contribution >= 4 is 5.97 Å². The van der Waals surface area contributed by atoms with Gasteiger partial charge in [-0.3, -0.25) is 0 Å². The lowest BCUT2D eigenvalue weighted by Gasteiger charge is -1.93. The van der Waals surface area contributed by atoms with Gasteiger partial charge < -0.3 is 9.15 Å². The van der Waals surface area contributed by atoms with Crippen molar-refractivity contribution in [3.63, 3.8) is 0 Å². The largest absolute Gasteiger partial charge is 0.464 e. The van der Waals surface area contributed by atoms with Crippen LogP contribution in [0.25, 0.3) is 0 Å². The number of aromatic nitrogens is 1. The number of nitrogens with zero attached hydrogens (tertiary/aromatic N) is 1. The van der Waals surface area contributed by atoms with E-state index < -0.39 is 5.97 Å². The minimum Gasteiger partial charge on any atom is -0.464 e. The number of hydrogen-bond donors (Lipinski definition) is 0. The van der Waals surface area contributed by atoms with Crippen LogP contribution >= 0.6 is 0 Å². The average Bonchev–Trinajstić information content (AvgIpc) is 2.59. The van der Waals surface area contributed by atoms with Gasteiger partial charge in [-0.05, 0) is 13.3 Å². The van der Waals surface area contributed by atoms with Gasteiger partial charge in [0.15, 0.2) is 11.6 Å². The second-order valence-corrected chi connectivity index (χ2v) is 3.46. The first-order chi connectivity index (χ1) is 7.19. The SMILES string of the molecule is CCCCCc1nc(C(=O)OC)c(C)o1. The molecule has 0 saturated carbocycles. The molecule has 1 rings (SSSR count). The summed E-state index contributed by atoms with van der Waals surface area (Å²) < 4.78 is 9.97. The lowest BCUT2D eigenvalue weighted by molar-refractivity contribution is 0.0593. The van der Waals surface area contributed by atoms with Crippen LogP contribution < -0.4 is 0 Å². The van der Waals surface area contributed by atoms with E-state index in [1.165, 1.54) is 7.11 Å². The van der Waals surface area contributed by atoms with Gasteiger partial charge in [-0.25, -0.2) is 9.78 Å². The standard InChI is InChI=1S/C11H17NO3/c1-4-5-6-7-9-12-10(8(2)15-9)11(13)14-3/h4-7H2,1-3H3. The van der Waals surface area contributed by atoms with Crippen LogP contribution in [0.15, 0.2) is 4.42 Å². The first-order valence-corrected chi connectivity index (χ1v) is 5.23. The fourth-order valence-corrected chi connectivity index (χ4v) is 1.37. The molecule has 0 unspecified atom stereocenters. The Morgan fingerprint density at radius 1 is 1.47 bits per heavy atom. The minimum atomic E-state index is -0.432. The molecule has 15 heavy (non-hydrogen) atoms. The molecule has 0 aromatic carbocycles. The number of methoxy groups -OCH3 is 1. The van der Waals surface area contributed by atoms with Gasteiger partial charge in [0, 0.05) is 6.42 Å². The number of carbonyl (C=O) groups excluding carboxylic acids is 1. The van der Waals surface area contributed by atoms with Gasteiger partial charge in [-0.2, -0.15) is 0 Å². The van der Waals surface area contributed by atoms with Gasteiger partial charge in [0.05, 0.1) is 7.11 Å². The van der Waals surface area contributed by atoms with Crippen LogP contribution in [0.5, 0.6) is 0 Å². The van der Waals surface area contributed by atoms with Crippen molar-refractivity contribution in [2.75, 3.05) is 7.11 Å². The van der Waals surface area contributed by atoms with E-state index in [1.807, 2.05) is 0 Å². The van der Waals surface area contributed by atoms with Crippen LogP contribution in [0, 0.1) is 6.92 Å². The summed E-state index contributed by atoms with van der Waals surface area (Å²) >= 11 is 0. The number of rotatable bonds is 5. The quantitative estimate of drug-likeness (QED) is 0.554. The fourth-order valence-electron chi connectivity index (χ4n) is 1.37. The molecule has 1 aromatic rings. The molecule has 1 heterocycles. The molecule has 0 bridgehead atoms. The number of carbonyl (C=O) groups is 1. The molecular formula is C11H17NO3. The highest BCUT2D eigenvalue weighted by Gasteiger charge is 2.16. The second kappa shape index (κ2) is 5.53. The maximum absolute atomic E-state index is 11.2. The molecule has 0 radical (unpaired) electrons. The van der Waals surface area contributed by atoms with Crippen molar-refractivity contribution in [3.8, 4) is 0 Å². The molecule has 0 atom stereocenters. The highest BCUT2D eigenvalue weighted by atomic mass is 16.5. The van der Waals surface area contributed by atoms with Gasteiger partial charge in [0.25, 0.3) is 0 Å². The van der Waals surface area contributed by atoms with Crippen molar-refractivity contribution in [2.45, 2.75) is 39.5 Å². The third kappa shape index (κ3) is 3.08. The summed E-state index contributed by atoms with van der Waals surface area (Å²) in [5, 5.41) is 0. The van der Waals surface area contributed by atoms with Crippen LogP contribution in [0.2, 0.25) is 0 Å². The summed E-state index contributed by atoms with van der Waals surface area (Å²) in [6.07, 6.45) is 4.13. The maximum atomic E-state index is 11.2. The Bertz CT molecular complexity index is 331. The zero-order chi connectivity index (χ0) is 11.3. The topological polar surface area (TPSA) is 52.3 Å². The third-order valence-electron chi connectivity index (χ3n) is 2.21. The van der Waals surface area contributed by atoms with Crippen LogP contribution in [-0.2, 0) is 11.2 Å². The molecule has 84 valence electrons. The second-order valence-electron chi connectivity index (χ2n) is 3.46. The Morgan fingerprint density at radius 3 is 2.80 bits per heavy atom. The average molecular weight is 211 g/mol. The van der Waals surface area contributed by atoms with Crippen molar-refractivity contribution in [1.82, 2.24) is 4.98 Å². The first kappa shape index (κ1) is 11.8. The van der Waals surface area contributed by atoms with E-state index in [9.17, 15) is 4.79 Å². The Hall–Kier alpha value is -1.32. The molecule has 4 heteroatoms. The summed E-state index contributed by atoms with van der Waals surface area (Å²) in [6, 6.07) is 0. The molecule has 0 aliphatic carbocycles. The van der Waals surface area contributed by atoms with E-state index in [0.717, 1.165) is 25.7 Å². The molecule has 1 aromatic heterocycles. The molecule has 0 spiro atoms. The van der Waals surface area contributed by atoms with E-state index in [4.69, 9.17) is 4.42 Å². The lowest BCUT2D eigenvalue weighted by atomic mass is 10.2. The molecule has 0 fully saturated rings. The highest BCUT2D eigenvalue weighted by molar-refractivity contribution is 5.88. The number of oxazole rings is 1. The normalized spacial score (nSPS) is 10.3. The predicted molar refractivity (Wildman–Crippen MR) is 55.8 cm³/mol. The monoisotopic (exact) mass is 211 g/mol. The van der Waals surface area contributed by atoms with E-state index in [0.29, 0.717) is 17.3 Å². The first-order valence-electron chi connectivity index (χ1n) is 5.23. The van der Waals surface area contributed by atoms with Crippen molar-refractivity contribution in [3.05, 3.63) is 17.3 Å².